The molecule has 0 bridgehead atoms. The van der Waals surface area contributed by atoms with E-state index in [9.17, 15) is 19.8 Å². The zero-order valence-electron chi connectivity index (χ0n) is 44.6. The van der Waals surface area contributed by atoms with Gasteiger partial charge in [0.2, 0.25) is 5.91 Å². The highest BCUT2D eigenvalue weighted by molar-refractivity contribution is 5.76. The predicted molar refractivity (Wildman–Crippen MR) is 292 cm³/mol. The molecule has 0 aliphatic heterocycles. The molecule has 0 fully saturated rings. The van der Waals surface area contributed by atoms with Crippen molar-refractivity contribution in [2.75, 3.05) is 13.2 Å². The lowest BCUT2D eigenvalue weighted by molar-refractivity contribution is -0.143. The molecular formula is C61H113NO5. The van der Waals surface area contributed by atoms with E-state index in [4.69, 9.17) is 4.74 Å². The maximum Gasteiger partial charge on any atom is 0.305 e. The third-order valence-electron chi connectivity index (χ3n) is 13.3. The molecular weight excluding hydrogens is 827 g/mol. The molecule has 0 aromatic heterocycles. The smallest absolute Gasteiger partial charge is 0.305 e. The van der Waals surface area contributed by atoms with Crippen LogP contribution in [-0.2, 0) is 14.3 Å². The number of unbranched alkanes of at least 4 members (excludes halogenated alkanes) is 35. The maximum atomic E-state index is 12.4. The summed E-state index contributed by atoms with van der Waals surface area (Å²) in [6, 6.07) is -0.546. The molecule has 392 valence electrons. The van der Waals surface area contributed by atoms with Gasteiger partial charge < -0.3 is 20.3 Å². The number of aliphatic hydroxyl groups is 2. The van der Waals surface area contributed by atoms with Crippen molar-refractivity contribution in [2.45, 2.75) is 315 Å². The topological polar surface area (TPSA) is 95.9 Å². The number of carbonyl (C=O) groups excluding carboxylic acids is 2. The lowest BCUT2D eigenvalue weighted by atomic mass is 10.0. The van der Waals surface area contributed by atoms with Crippen LogP contribution in [-0.4, -0.2) is 47.4 Å². The molecule has 2 unspecified atom stereocenters. The Morgan fingerprint density at radius 3 is 1.19 bits per heavy atom. The van der Waals surface area contributed by atoms with Gasteiger partial charge in [-0.2, -0.15) is 0 Å². The van der Waals surface area contributed by atoms with Gasteiger partial charge in [-0.1, -0.05) is 255 Å². The number of esters is 1. The van der Waals surface area contributed by atoms with Crippen molar-refractivity contribution in [3.63, 3.8) is 0 Å². The van der Waals surface area contributed by atoms with Crippen molar-refractivity contribution in [3.05, 3.63) is 48.6 Å². The molecule has 2 atom stereocenters. The van der Waals surface area contributed by atoms with Crippen LogP contribution in [0.5, 0.6) is 0 Å². The summed E-state index contributed by atoms with van der Waals surface area (Å²) in [6.07, 6.45) is 71.1. The van der Waals surface area contributed by atoms with E-state index in [0.717, 1.165) is 57.8 Å². The number of carbonyl (C=O) groups is 2. The van der Waals surface area contributed by atoms with Crippen LogP contribution in [0.25, 0.3) is 0 Å². The van der Waals surface area contributed by atoms with Gasteiger partial charge in [-0.05, 0) is 83.5 Å². The fourth-order valence-electron chi connectivity index (χ4n) is 8.83. The molecule has 0 aromatic carbocycles. The number of hydrogen-bond donors (Lipinski definition) is 3. The van der Waals surface area contributed by atoms with Crippen molar-refractivity contribution < 1.29 is 24.5 Å². The van der Waals surface area contributed by atoms with Crippen LogP contribution in [0, 0.1) is 0 Å². The molecule has 0 spiro atoms. The van der Waals surface area contributed by atoms with E-state index >= 15 is 0 Å². The number of hydrogen-bond acceptors (Lipinski definition) is 5. The van der Waals surface area contributed by atoms with Crippen LogP contribution < -0.4 is 5.32 Å². The summed E-state index contributed by atoms with van der Waals surface area (Å²) >= 11 is 0. The minimum absolute atomic E-state index is 0.00693. The van der Waals surface area contributed by atoms with Crippen LogP contribution in [0.2, 0.25) is 0 Å². The number of rotatable bonds is 54. The number of nitrogens with one attached hydrogen (secondary N) is 1. The van der Waals surface area contributed by atoms with Crippen LogP contribution >= 0.6 is 0 Å². The molecule has 0 rings (SSSR count). The van der Waals surface area contributed by atoms with Gasteiger partial charge >= 0.3 is 5.97 Å². The van der Waals surface area contributed by atoms with E-state index in [1.165, 1.54) is 212 Å². The highest BCUT2D eigenvalue weighted by atomic mass is 16.5. The van der Waals surface area contributed by atoms with E-state index in [1.54, 1.807) is 0 Å². The fraction of sp³-hybridized carbons (Fsp3) is 0.836. The highest BCUT2D eigenvalue weighted by Gasteiger charge is 2.20. The van der Waals surface area contributed by atoms with Crippen molar-refractivity contribution >= 4 is 11.9 Å². The molecule has 0 radical (unpaired) electrons. The molecule has 0 aliphatic carbocycles. The summed E-state index contributed by atoms with van der Waals surface area (Å²) in [4.78, 5) is 24.5. The molecule has 0 saturated carbocycles. The Labute approximate surface area is 416 Å². The van der Waals surface area contributed by atoms with Crippen molar-refractivity contribution in [3.8, 4) is 0 Å². The summed E-state index contributed by atoms with van der Waals surface area (Å²) < 4.78 is 5.46. The largest absolute Gasteiger partial charge is 0.466 e. The third-order valence-corrected chi connectivity index (χ3v) is 13.3. The minimum Gasteiger partial charge on any atom is -0.466 e. The second kappa shape index (κ2) is 56.4. The summed E-state index contributed by atoms with van der Waals surface area (Å²) in [5.74, 6) is -0.0490. The van der Waals surface area contributed by atoms with Crippen LogP contribution in [0.4, 0.5) is 0 Å². The van der Waals surface area contributed by atoms with Crippen LogP contribution in [0.15, 0.2) is 48.6 Å². The number of amides is 1. The zero-order chi connectivity index (χ0) is 48.6. The van der Waals surface area contributed by atoms with E-state index < -0.39 is 12.1 Å². The van der Waals surface area contributed by atoms with Crippen LogP contribution in [0.3, 0.4) is 0 Å². The van der Waals surface area contributed by atoms with Gasteiger partial charge in [0.25, 0.3) is 0 Å². The molecule has 67 heavy (non-hydrogen) atoms. The Kier molecular flexibility index (Phi) is 54.6. The first-order valence-electron chi connectivity index (χ1n) is 29.4. The maximum absolute atomic E-state index is 12.4. The van der Waals surface area contributed by atoms with Gasteiger partial charge in [0.05, 0.1) is 25.4 Å². The van der Waals surface area contributed by atoms with Gasteiger partial charge in [0, 0.05) is 12.8 Å². The summed E-state index contributed by atoms with van der Waals surface area (Å²) in [7, 11) is 0. The van der Waals surface area contributed by atoms with Gasteiger partial charge in [-0.3, -0.25) is 9.59 Å². The monoisotopic (exact) mass is 940 g/mol. The highest BCUT2D eigenvalue weighted by Crippen LogP contribution is 2.16. The first-order valence-corrected chi connectivity index (χ1v) is 29.4. The van der Waals surface area contributed by atoms with Crippen LogP contribution in [0.1, 0.15) is 303 Å². The Bertz CT molecular complexity index is 1130. The lowest BCUT2D eigenvalue weighted by Crippen LogP contribution is -2.45. The van der Waals surface area contributed by atoms with Gasteiger partial charge in [-0.25, -0.2) is 0 Å². The second-order valence-electron chi connectivity index (χ2n) is 20.0. The van der Waals surface area contributed by atoms with Crippen molar-refractivity contribution in [2.24, 2.45) is 0 Å². The molecule has 1 amide bonds. The molecule has 6 heteroatoms. The summed E-state index contributed by atoms with van der Waals surface area (Å²) in [6.45, 7) is 4.87. The molecule has 6 nitrogen and oxygen atoms in total. The van der Waals surface area contributed by atoms with Crippen molar-refractivity contribution in [1.29, 1.82) is 0 Å². The summed E-state index contributed by atoms with van der Waals surface area (Å²) in [5, 5.41) is 23.2. The number of ether oxygens (including phenoxy) is 1. The average molecular weight is 941 g/mol. The van der Waals surface area contributed by atoms with E-state index in [0.29, 0.717) is 25.9 Å². The standard InChI is InChI=1S/C61H113NO5/c1-3-5-7-9-11-13-15-30-35-39-43-47-51-55-61(66)67-56-52-48-44-40-36-32-29-27-25-23-21-19-17-18-20-22-24-26-28-31-34-38-42-46-50-54-60(65)62-58(57-63)59(64)53-49-45-41-37-33-16-14-12-10-8-6-4-2/h7,9,13,15,18-21,58-59,63-64H,3-6,8,10-12,14,16-17,22-57H2,1-2H3,(H,62,65)/b9-7-,15-13-,20-18-,21-19-. The molecule has 0 aromatic rings. The van der Waals surface area contributed by atoms with E-state index in [2.05, 4.69) is 67.8 Å². The third kappa shape index (κ3) is 53.0. The number of allylic oxidation sites excluding steroid dienone is 8. The molecule has 0 heterocycles. The Morgan fingerprint density at radius 2 is 0.776 bits per heavy atom. The SMILES string of the molecule is CCC/C=C\C/C=C\CCCCCCCC(=O)OCCCCCCCCCCC/C=C\C/C=C\CCCCCCCCCCCC(=O)NC(CO)C(O)CCCCCCCCCCCCCC. The quantitative estimate of drug-likeness (QED) is 0.0321. The van der Waals surface area contributed by atoms with E-state index in [-0.39, 0.29) is 18.5 Å². The zero-order valence-corrected chi connectivity index (χ0v) is 44.6. The van der Waals surface area contributed by atoms with Gasteiger partial charge in [0.15, 0.2) is 0 Å². The fourth-order valence-corrected chi connectivity index (χ4v) is 8.83. The first-order chi connectivity index (χ1) is 33.0. The molecule has 0 aliphatic rings. The second-order valence-corrected chi connectivity index (χ2v) is 20.0. The Balaban J connectivity index is 3.44. The first kappa shape index (κ1) is 64.8. The Hall–Kier alpha value is -2.18. The van der Waals surface area contributed by atoms with E-state index in [1.807, 2.05) is 0 Å². The Morgan fingerprint density at radius 1 is 0.418 bits per heavy atom. The molecule has 3 N–H and O–H groups in total. The van der Waals surface area contributed by atoms with Gasteiger partial charge in [0.1, 0.15) is 0 Å². The number of aliphatic hydroxyl groups excluding tert-OH is 2. The minimum atomic E-state index is -0.668. The summed E-state index contributed by atoms with van der Waals surface area (Å²) in [5.41, 5.74) is 0. The normalized spacial score (nSPS) is 13.0. The predicted octanol–water partition coefficient (Wildman–Crippen LogP) is 18.2. The average Bonchev–Trinajstić information content (AvgIpc) is 3.33. The molecule has 0 saturated heterocycles. The lowest BCUT2D eigenvalue weighted by Gasteiger charge is -2.22. The van der Waals surface area contributed by atoms with Gasteiger partial charge in [-0.15, -0.1) is 0 Å². The van der Waals surface area contributed by atoms with Crippen molar-refractivity contribution in [1.82, 2.24) is 5.32 Å².